The number of nitro groups is 1. The highest BCUT2D eigenvalue weighted by Gasteiger charge is 2.23. The lowest BCUT2D eigenvalue weighted by molar-refractivity contribution is -0.385. The van der Waals surface area contributed by atoms with Crippen LogP contribution in [0.1, 0.15) is 24.2 Å². The predicted octanol–water partition coefficient (Wildman–Crippen LogP) is 1.48. The molecule has 24 heavy (non-hydrogen) atoms. The third-order valence-electron chi connectivity index (χ3n) is 4.01. The van der Waals surface area contributed by atoms with Gasteiger partial charge in [0.2, 0.25) is 0 Å². The molecule has 2 rings (SSSR count). The van der Waals surface area contributed by atoms with Crippen LogP contribution in [0.4, 0.5) is 5.69 Å². The van der Waals surface area contributed by atoms with Gasteiger partial charge in [-0.1, -0.05) is 0 Å². The van der Waals surface area contributed by atoms with Crippen molar-refractivity contribution in [2.75, 3.05) is 33.2 Å². The molecule has 1 fully saturated rings. The first-order valence-electron chi connectivity index (χ1n) is 7.88. The van der Waals surface area contributed by atoms with Gasteiger partial charge in [-0.15, -0.1) is 0 Å². The van der Waals surface area contributed by atoms with E-state index in [1.54, 1.807) is 11.9 Å². The van der Waals surface area contributed by atoms with Crippen LogP contribution in [0.5, 0.6) is 5.75 Å². The molecule has 0 aliphatic carbocycles. The first-order valence-corrected chi connectivity index (χ1v) is 7.88. The zero-order valence-electron chi connectivity index (χ0n) is 14.1. The first-order chi connectivity index (χ1) is 11.3. The van der Waals surface area contributed by atoms with Crippen LogP contribution >= 0.6 is 0 Å². The van der Waals surface area contributed by atoms with Crippen LogP contribution < -0.4 is 0 Å². The largest absolute Gasteiger partial charge is 0.502 e. The summed E-state index contributed by atoms with van der Waals surface area (Å²) >= 11 is 0. The minimum atomic E-state index is -0.686. The van der Waals surface area contributed by atoms with Crippen LogP contribution in [0.3, 0.4) is 0 Å². The Morgan fingerprint density at radius 3 is 2.58 bits per heavy atom. The van der Waals surface area contributed by atoms with Crippen LogP contribution in [-0.2, 0) is 4.74 Å². The van der Waals surface area contributed by atoms with Crippen molar-refractivity contribution < 1.29 is 19.6 Å². The molecule has 1 aliphatic rings. The summed E-state index contributed by atoms with van der Waals surface area (Å²) in [5.74, 6) is -0.787. The zero-order chi connectivity index (χ0) is 17.9. The molecular formula is C16H23N3O5. The lowest BCUT2D eigenvalue weighted by Gasteiger charge is -2.36. The van der Waals surface area contributed by atoms with E-state index in [0.717, 1.165) is 31.8 Å². The summed E-state index contributed by atoms with van der Waals surface area (Å²) in [4.78, 5) is 26.2. The highest BCUT2D eigenvalue weighted by molar-refractivity contribution is 5.94. The maximum absolute atomic E-state index is 12.4. The fraction of sp³-hybridized carbons (Fsp3) is 0.562. The monoisotopic (exact) mass is 337 g/mol. The van der Waals surface area contributed by atoms with E-state index in [-0.39, 0.29) is 23.7 Å². The summed E-state index contributed by atoms with van der Waals surface area (Å²) in [6, 6.07) is 3.63. The van der Waals surface area contributed by atoms with Crippen molar-refractivity contribution in [2.24, 2.45) is 0 Å². The maximum atomic E-state index is 12.4. The molecule has 1 N–H and O–H groups in total. The molecule has 1 aromatic rings. The van der Waals surface area contributed by atoms with Gasteiger partial charge >= 0.3 is 5.69 Å². The van der Waals surface area contributed by atoms with Crippen molar-refractivity contribution in [1.29, 1.82) is 0 Å². The third-order valence-corrected chi connectivity index (χ3v) is 4.01. The third kappa shape index (κ3) is 4.42. The van der Waals surface area contributed by atoms with Crippen LogP contribution in [0.25, 0.3) is 0 Å². The average Bonchev–Trinajstić information content (AvgIpc) is 2.50. The summed E-state index contributed by atoms with van der Waals surface area (Å²) in [6.45, 7) is 6.94. The number of amides is 1. The molecule has 0 spiro atoms. The summed E-state index contributed by atoms with van der Waals surface area (Å²) in [7, 11) is 1.67. The van der Waals surface area contributed by atoms with E-state index in [1.165, 1.54) is 6.07 Å². The molecule has 0 unspecified atom stereocenters. The molecule has 8 nitrogen and oxygen atoms in total. The summed E-state index contributed by atoms with van der Waals surface area (Å²) in [5.41, 5.74) is -0.185. The number of phenolic OH excluding ortho intramolecular Hbond substituents is 1. The molecule has 1 amide bonds. The Morgan fingerprint density at radius 1 is 1.42 bits per heavy atom. The quantitative estimate of drug-likeness (QED) is 0.646. The van der Waals surface area contributed by atoms with Crippen molar-refractivity contribution in [3.8, 4) is 5.75 Å². The molecule has 0 aromatic heterocycles. The van der Waals surface area contributed by atoms with Gasteiger partial charge in [-0.05, 0) is 26.0 Å². The molecule has 0 saturated carbocycles. The molecule has 0 radical (unpaired) electrons. The number of rotatable bonds is 5. The number of carbonyl (C=O) groups excluding carboxylic acids is 1. The fourth-order valence-corrected chi connectivity index (χ4v) is 2.89. The van der Waals surface area contributed by atoms with Gasteiger partial charge in [0.25, 0.3) is 5.91 Å². The number of nitrogens with zero attached hydrogens (tertiary/aromatic N) is 3. The van der Waals surface area contributed by atoms with Crippen molar-refractivity contribution in [3.63, 3.8) is 0 Å². The molecule has 1 saturated heterocycles. The highest BCUT2D eigenvalue weighted by atomic mass is 16.6. The Bertz CT molecular complexity index is 612. The molecule has 132 valence electrons. The zero-order valence-corrected chi connectivity index (χ0v) is 14.1. The number of hydrogen-bond acceptors (Lipinski definition) is 6. The number of hydrogen-bond donors (Lipinski definition) is 1. The van der Waals surface area contributed by atoms with Gasteiger partial charge < -0.3 is 14.7 Å². The summed E-state index contributed by atoms with van der Waals surface area (Å²) in [6.07, 6.45) is 0.336. The summed E-state index contributed by atoms with van der Waals surface area (Å²) < 4.78 is 5.68. The molecule has 1 heterocycles. The molecule has 8 heteroatoms. The SMILES string of the molecule is C[C@@H]1CN(CCN(C)C(=O)c2ccc([N+](=O)[O-])c(O)c2)C[C@H](C)O1. The van der Waals surface area contributed by atoms with Crippen molar-refractivity contribution in [3.05, 3.63) is 33.9 Å². The molecule has 1 aromatic carbocycles. The topological polar surface area (TPSA) is 96.2 Å². The number of benzene rings is 1. The molecule has 2 atom stereocenters. The van der Waals surface area contributed by atoms with Crippen molar-refractivity contribution >= 4 is 11.6 Å². The Kier molecular flexibility index (Phi) is 5.74. The van der Waals surface area contributed by atoms with Crippen LogP contribution in [0, 0.1) is 10.1 Å². The second-order valence-corrected chi connectivity index (χ2v) is 6.20. The lowest BCUT2D eigenvalue weighted by Crippen LogP contribution is -2.48. The second kappa shape index (κ2) is 7.59. The number of aromatic hydroxyl groups is 1. The van der Waals surface area contributed by atoms with E-state index in [1.807, 2.05) is 13.8 Å². The van der Waals surface area contributed by atoms with Gasteiger partial charge in [-0.2, -0.15) is 0 Å². The Morgan fingerprint density at radius 2 is 2.04 bits per heavy atom. The number of ether oxygens (including phenoxy) is 1. The normalized spacial score (nSPS) is 21.5. The van der Waals surface area contributed by atoms with E-state index < -0.39 is 16.4 Å². The Labute approximate surface area is 140 Å². The first kappa shape index (κ1) is 18.2. The van der Waals surface area contributed by atoms with Gasteiger partial charge in [0.15, 0.2) is 5.75 Å². The Hall–Kier alpha value is -2.19. The maximum Gasteiger partial charge on any atom is 0.310 e. The van der Waals surface area contributed by atoms with E-state index in [9.17, 15) is 20.0 Å². The number of morpholine rings is 1. The lowest BCUT2D eigenvalue weighted by atomic mass is 10.1. The van der Waals surface area contributed by atoms with Gasteiger partial charge in [-0.25, -0.2) is 0 Å². The fourth-order valence-electron chi connectivity index (χ4n) is 2.89. The van der Waals surface area contributed by atoms with Crippen molar-refractivity contribution in [1.82, 2.24) is 9.80 Å². The number of phenols is 1. The molecule has 0 bridgehead atoms. The summed E-state index contributed by atoms with van der Waals surface area (Å²) in [5, 5.41) is 20.4. The number of nitro benzene ring substituents is 1. The standard InChI is InChI=1S/C16H23N3O5/c1-11-9-18(10-12(2)24-11)7-6-17(3)16(21)13-4-5-14(19(22)23)15(20)8-13/h4-5,8,11-12,20H,6-7,9-10H2,1-3H3/t11-,12+. The van der Waals surface area contributed by atoms with Gasteiger partial charge in [0.05, 0.1) is 17.1 Å². The van der Waals surface area contributed by atoms with E-state index >= 15 is 0 Å². The van der Waals surface area contributed by atoms with Crippen LogP contribution in [-0.4, -0.2) is 71.2 Å². The van der Waals surface area contributed by atoms with E-state index in [0.29, 0.717) is 6.54 Å². The number of carbonyl (C=O) groups is 1. The average molecular weight is 337 g/mol. The number of likely N-dealkylation sites (N-methyl/N-ethyl adjacent to an activating group) is 1. The second-order valence-electron chi connectivity index (χ2n) is 6.20. The van der Waals surface area contributed by atoms with Crippen LogP contribution in [0.15, 0.2) is 18.2 Å². The van der Waals surface area contributed by atoms with Gasteiger partial charge in [0.1, 0.15) is 0 Å². The van der Waals surface area contributed by atoms with Crippen LogP contribution in [0.2, 0.25) is 0 Å². The van der Waals surface area contributed by atoms with Gasteiger partial charge in [0, 0.05) is 44.9 Å². The molecule has 1 aliphatic heterocycles. The highest BCUT2D eigenvalue weighted by Crippen LogP contribution is 2.26. The van der Waals surface area contributed by atoms with E-state index in [2.05, 4.69) is 4.90 Å². The van der Waals surface area contributed by atoms with Gasteiger partial charge in [-0.3, -0.25) is 19.8 Å². The molecular weight excluding hydrogens is 314 g/mol. The minimum Gasteiger partial charge on any atom is -0.502 e. The minimum absolute atomic E-state index is 0.168. The predicted molar refractivity (Wildman–Crippen MR) is 88.2 cm³/mol. The van der Waals surface area contributed by atoms with Crippen molar-refractivity contribution in [2.45, 2.75) is 26.1 Å². The Balaban J connectivity index is 1.94. The van der Waals surface area contributed by atoms with E-state index in [4.69, 9.17) is 4.74 Å². The smallest absolute Gasteiger partial charge is 0.310 e.